The highest BCUT2D eigenvalue weighted by Gasteiger charge is 2.35. The molecule has 1 N–H and O–H groups in total. The molecule has 16 heavy (non-hydrogen) atoms. The fourth-order valence-corrected chi connectivity index (χ4v) is 3.12. The molecule has 3 rings (SSSR count). The zero-order valence-electron chi connectivity index (χ0n) is 8.74. The minimum Gasteiger partial charge on any atom is -0.387 e. The molecule has 1 aliphatic rings. The average molecular weight is 233 g/mol. The summed E-state index contributed by atoms with van der Waals surface area (Å²) in [4.78, 5) is 5.32. The lowest BCUT2D eigenvalue weighted by atomic mass is 10.1. The van der Waals surface area contributed by atoms with Crippen LogP contribution in [0, 0.1) is 0 Å². The number of hydrogen-bond donors (Lipinski definition) is 1. The van der Waals surface area contributed by atoms with Gasteiger partial charge in [0.25, 0.3) is 0 Å². The van der Waals surface area contributed by atoms with Crippen LogP contribution in [-0.4, -0.2) is 19.9 Å². The molecule has 0 saturated heterocycles. The van der Waals surface area contributed by atoms with Gasteiger partial charge in [0.2, 0.25) is 0 Å². The van der Waals surface area contributed by atoms with Crippen LogP contribution in [0.1, 0.15) is 22.7 Å². The number of thioether (sulfide) groups is 1. The fourth-order valence-electron chi connectivity index (χ4n) is 1.88. The predicted octanol–water partition coefficient (Wildman–Crippen LogP) is 1.70. The van der Waals surface area contributed by atoms with E-state index in [1.807, 2.05) is 31.3 Å². The van der Waals surface area contributed by atoms with Gasteiger partial charge in [-0.05, 0) is 11.6 Å². The molecular weight excluding hydrogens is 222 g/mol. The summed E-state index contributed by atoms with van der Waals surface area (Å²) in [6, 6.07) is 7.89. The first-order valence-electron chi connectivity index (χ1n) is 5.05. The van der Waals surface area contributed by atoms with Crippen molar-refractivity contribution in [1.29, 1.82) is 0 Å². The Morgan fingerprint density at radius 1 is 1.38 bits per heavy atom. The van der Waals surface area contributed by atoms with Gasteiger partial charge < -0.3 is 5.11 Å². The van der Waals surface area contributed by atoms with Gasteiger partial charge >= 0.3 is 0 Å². The standard InChI is InChI=1S/C11H11N3OS/c1-14-6-12-11(13-14)10-9(15)7-4-2-3-5-8(7)16-10/h2-6,9-10,15H,1H3/t9-,10+/m0/s1. The van der Waals surface area contributed by atoms with Gasteiger partial charge in [-0.3, -0.25) is 4.68 Å². The minimum atomic E-state index is -0.511. The Morgan fingerprint density at radius 3 is 2.88 bits per heavy atom. The van der Waals surface area contributed by atoms with Crippen LogP contribution in [0.4, 0.5) is 0 Å². The van der Waals surface area contributed by atoms with Gasteiger partial charge in [0.15, 0.2) is 5.82 Å². The van der Waals surface area contributed by atoms with E-state index < -0.39 is 6.10 Å². The van der Waals surface area contributed by atoms with Crippen molar-refractivity contribution in [3.05, 3.63) is 42.0 Å². The monoisotopic (exact) mass is 233 g/mol. The van der Waals surface area contributed by atoms with Crippen LogP contribution in [-0.2, 0) is 7.05 Å². The van der Waals surface area contributed by atoms with Crippen LogP contribution in [0.5, 0.6) is 0 Å². The van der Waals surface area contributed by atoms with Crippen LogP contribution >= 0.6 is 11.8 Å². The van der Waals surface area contributed by atoms with Gasteiger partial charge in [0.1, 0.15) is 11.6 Å². The first kappa shape index (κ1) is 9.86. The third kappa shape index (κ3) is 1.44. The van der Waals surface area contributed by atoms with Crippen LogP contribution < -0.4 is 0 Å². The number of hydrogen-bond acceptors (Lipinski definition) is 4. The molecule has 2 atom stereocenters. The number of aryl methyl sites for hydroxylation is 1. The zero-order chi connectivity index (χ0) is 11.1. The molecule has 5 heteroatoms. The van der Waals surface area contributed by atoms with E-state index in [0.29, 0.717) is 5.82 Å². The first-order chi connectivity index (χ1) is 7.75. The molecular formula is C11H11N3OS. The summed E-state index contributed by atoms with van der Waals surface area (Å²) in [5.41, 5.74) is 0.977. The van der Waals surface area contributed by atoms with Crippen molar-refractivity contribution >= 4 is 11.8 Å². The highest BCUT2D eigenvalue weighted by molar-refractivity contribution is 8.00. The van der Waals surface area contributed by atoms with Crippen molar-refractivity contribution in [2.75, 3.05) is 0 Å². The Balaban J connectivity index is 1.98. The topological polar surface area (TPSA) is 50.9 Å². The van der Waals surface area contributed by atoms with Crippen LogP contribution in [0.2, 0.25) is 0 Å². The fraction of sp³-hybridized carbons (Fsp3) is 0.273. The van der Waals surface area contributed by atoms with Gasteiger partial charge in [0, 0.05) is 11.9 Å². The minimum absolute atomic E-state index is 0.0846. The van der Waals surface area contributed by atoms with Gasteiger partial charge in [0.05, 0.1) is 6.10 Å². The van der Waals surface area contributed by atoms with Crippen LogP contribution in [0.25, 0.3) is 0 Å². The Morgan fingerprint density at radius 2 is 2.19 bits per heavy atom. The van der Waals surface area contributed by atoms with Crippen LogP contribution in [0.3, 0.4) is 0 Å². The Labute approximate surface area is 97.3 Å². The van der Waals surface area contributed by atoms with Gasteiger partial charge in [-0.25, -0.2) is 4.98 Å². The molecule has 0 bridgehead atoms. The molecule has 4 nitrogen and oxygen atoms in total. The molecule has 0 saturated carbocycles. The number of aromatic nitrogens is 3. The molecule has 82 valence electrons. The zero-order valence-corrected chi connectivity index (χ0v) is 9.56. The Kier molecular flexibility index (Phi) is 2.22. The summed E-state index contributed by atoms with van der Waals surface area (Å²) in [6.45, 7) is 0. The van der Waals surface area contributed by atoms with Crippen molar-refractivity contribution in [3.63, 3.8) is 0 Å². The first-order valence-corrected chi connectivity index (χ1v) is 5.93. The second kappa shape index (κ2) is 3.61. The quantitative estimate of drug-likeness (QED) is 0.814. The summed E-state index contributed by atoms with van der Waals surface area (Å²) in [7, 11) is 1.83. The molecule has 0 radical (unpaired) electrons. The number of benzene rings is 1. The highest BCUT2D eigenvalue weighted by atomic mass is 32.2. The lowest BCUT2D eigenvalue weighted by Gasteiger charge is -2.09. The number of nitrogens with zero attached hydrogens (tertiary/aromatic N) is 3. The maximum absolute atomic E-state index is 10.2. The molecule has 1 aromatic carbocycles. The number of fused-ring (bicyclic) bond motifs is 1. The molecule has 0 amide bonds. The molecule has 0 spiro atoms. The second-order valence-corrected chi connectivity index (χ2v) is 4.98. The Bertz CT molecular complexity index is 525. The second-order valence-electron chi connectivity index (χ2n) is 3.80. The smallest absolute Gasteiger partial charge is 0.166 e. The molecule has 1 aliphatic heterocycles. The number of aliphatic hydroxyl groups is 1. The van der Waals surface area contributed by atoms with E-state index in [1.54, 1.807) is 22.8 Å². The number of rotatable bonds is 1. The van der Waals surface area contributed by atoms with E-state index in [0.717, 1.165) is 10.5 Å². The lowest BCUT2D eigenvalue weighted by molar-refractivity contribution is 0.174. The van der Waals surface area contributed by atoms with Crippen molar-refractivity contribution in [2.45, 2.75) is 16.2 Å². The van der Waals surface area contributed by atoms with Gasteiger partial charge in [-0.15, -0.1) is 11.8 Å². The lowest BCUT2D eigenvalue weighted by Crippen LogP contribution is -2.04. The number of aliphatic hydroxyl groups excluding tert-OH is 1. The third-order valence-corrected chi connectivity index (χ3v) is 4.00. The summed E-state index contributed by atoms with van der Waals surface area (Å²) < 4.78 is 1.66. The predicted molar refractivity (Wildman–Crippen MR) is 61.0 cm³/mol. The third-order valence-electron chi connectivity index (χ3n) is 2.65. The Hall–Kier alpha value is -1.33. The van der Waals surface area contributed by atoms with E-state index >= 15 is 0 Å². The van der Waals surface area contributed by atoms with Crippen molar-refractivity contribution in [1.82, 2.24) is 14.8 Å². The van der Waals surface area contributed by atoms with Crippen LogP contribution in [0.15, 0.2) is 35.5 Å². The normalized spacial score (nSPS) is 23.4. The maximum Gasteiger partial charge on any atom is 0.166 e. The van der Waals surface area contributed by atoms with Crippen molar-refractivity contribution in [2.24, 2.45) is 7.05 Å². The van der Waals surface area contributed by atoms with Gasteiger partial charge in [-0.1, -0.05) is 18.2 Å². The molecule has 1 aromatic heterocycles. The van der Waals surface area contributed by atoms with E-state index in [1.165, 1.54) is 0 Å². The largest absolute Gasteiger partial charge is 0.387 e. The van der Waals surface area contributed by atoms with E-state index in [-0.39, 0.29) is 5.25 Å². The molecule has 0 fully saturated rings. The summed E-state index contributed by atoms with van der Waals surface area (Å²) in [5.74, 6) is 0.691. The van der Waals surface area contributed by atoms with E-state index in [2.05, 4.69) is 10.1 Å². The molecule has 0 unspecified atom stereocenters. The van der Waals surface area contributed by atoms with E-state index in [4.69, 9.17) is 0 Å². The summed E-state index contributed by atoms with van der Waals surface area (Å²) >= 11 is 1.62. The van der Waals surface area contributed by atoms with Crippen molar-refractivity contribution < 1.29 is 5.11 Å². The molecule has 0 aliphatic carbocycles. The summed E-state index contributed by atoms with van der Waals surface area (Å²) in [5, 5.41) is 14.4. The highest BCUT2D eigenvalue weighted by Crippen LogP contribution is 2.51. The maximum atomic E-state index is 10.2. The summed E-state index contributed by atoms with van der Waals surface area (Å²) in [6.07, 6.45) is 1.15. The van der Waals surface area contributed by atoms with Crippen molar-refractivity contribution in [3.8, 4) is 0 Å². The molecule has 2 aromatic rings. The average Bonchev–Trinajstić information content (AvgIpc) is 2.84. The van der Waals surface area contributed by atoms with Gasteiger partial charge in [-0.2, -0.15) is 5.10 Å². The SMILES string of the molecule is Cn1cnc([C@@H]2Sc3ccccc3[C@@H]2O)n1. The molecule has 2 heterocycles. The van der Waals surface area contributed by atoms with E-state index in [9.17, 15) is 5.11 Å².